The van der Waals surface area contributed by atoms with Gasteiger partial charge in [-0.25, -0.2) is 4.79 Å². The summed E-state index contributed by atoms with van der Waals surface area (Å²) in [7, 11) is 1.57. The molecular formula is C27H34ClN3O8. The number of benzene rings is 2. The summed E-state index contributed by atoms with van der Waals surface area (Å²) in [6, 6.07) is 14.1. The van der Waals surface area contributed by atoms with E-state index in [1.165, 1.54) is 0 Å². The van der Waals surface area contributed by atoms with Gasteiger partial charge in [0, 0.05) is 47.0 Å². The van der Waals surface area contributed by atoms with Crippen molar-refractivity contribution in [2.24, 2.45) is 0 Å². The average Bonchev–Trinajstić information content (AvgIpc) is 3.32. The van der Waals surface area contributed by atoms with Gasteiger partial charge in [-0.2, -0.15) is 0 Å². The lowest BCUT2D eigenvalue weighted by molar-refractivity contribution is -0.137. The summed E-state index contributed by atoms with van der Waals surface area (Å²) in [5.74, 6) is -1.00. The Morgan fingerprint density at radius 2 is 1.74 bits per heavy atom. The number of fused-ring (bicyclic) bond motifs is 1. The van der Waals surface area contributed by atoms with E-state index in [-0.39, 0.29) is 18.9 Å². The molecule has 11 nitrogen and oxygen atoms in total. The molecule has 2 heterocycles. The van der Waals surface area contributed by atoms with Crippen molar-refractivity contribution < 1.29 is 40.2 Å². The second kappa shape index (κ2) is 13.9. The first-order chi connectivity index (χ1) is 18.6. The fraction of sp³-hybridized carbons (Fsp3) is 0.407. The maximum Gasteiger partial charge on any atom is 0.326 e. The first-order valence-corrected chi connectivity index (χ1v) is 12.8. The zero-order chi connectivity index (χ0) is 28.7. The van der Waals surface area contributed by atoms with Crippen molar-refractivity contribution in [3.63, 3.8) is 0 Å². The molecule has 0 aromatic heterocycles. The van der Waals surface area contributed by atoms with Gasteiger partial charge in [0.05, 0.1) is 12.7 Å². The number of hydrogen-bond donors (Lipinski definition) is 8. The van der Waals surface area contributed by atoms with E-state index in [1.54, 1.807) is 24.1 Å². The van der Waals surface area contributed by atoms with Gasteiger partial charge in [-0.15, -0.1) is 0 Å². The van der Waals surface area contributed by atoms with Crippen LogP contribution in [0.1, 0.15) is 18.4 Å². The van der Waals surface area contributed by atoms with E-state index >= 15 is 0 Å². The molecule has 0 aliphatic carbocycles. The van der Waals surface area contributed by atoms with Crippen LogP contribution in [0, 0.1) is 0 Å². The minimum absolute atomic E-state index is 0.0573. The number of carboxylic acids is 1. The molecule has 1 amide bonds. The quantitative estimate of drug-likeness (QED) is 0.210. The van der Waals surface area contributed by atoms with Gasteiger partial charge < -0.3 is 46.2 Å². The van der Waals surface area contributed by atoms with Gasteiger partial charge in [0.25, 0.3) is 5.91 Å². The Morgan fingerprint density at radius 1 is 1.08 bits per heavy atom. The molecule has 1 saturated heterocycles. The summed E-state index contributed by atoms with van der Waals surface area (Å²) < 4.78 is 0. The van der Waals surface area contributed by atoms with Crippen LogP contribution in [0.15, 0.2) is 54.1 Å². The lowest BCUT2D eigenvalue weighted by atomic mass is 9.88. The molecular weight excluding hydrogens is 530 g/mol. The Hall–Kier alpha value is -3.03. The standard InChI is InChI=1S/C20H17ClN2O3.C7H17NO5/c21-12-6-7-14-16(11-18(20(25)26)22-17(14)10-12)15-8-9-23(19(15)24)13-4-2-1-3-5-13;1-8-2-4(10)6(12)7(13)5(11)3-9/h1-7,10,18,22H,8-9,11H2,(H,25,26);4-13H,2-3H2,1H3/b16-15-;/t;4-,5+,6+,7+/m.0/s1. The number of amides is 1. The van der Waals surface area contributed by atoms with Gasteiger partial charge in [0.15, 0.2) is 0 Å². The summed E-state index contributed by atoms with van der Waals surface area (Å²) >= 11 is 6.06. The number of aliphatic hydroxyl groups excluding tert-OH is 5. The molecule has 12 heteroatoms. The number of nitrogens with zero attached hydrogens (tertiary/aromatic N) is 1. The van der Waals surface area contributed by atoms with Crippen molar-refractivity contribution in [2.75, 3.05) is 37.0 Å². The summed E-state index contributed by atoms with van der Waals surface area (Å²) in [5.41, 5.74) is 3.85. The van der Waals surface area contributed by atoms with Gasteiger partial charge in [0.2, 0.25) is 0 Å². The molecule has 2 aliphatic heterocycles. The third-order valence-electron chi connectivity index (χ3n) is 6.60. The minimum atomic E-state index is -1.55. The zero-order valence-electron chi connectivity index (χ0n) is 21.4. The molecule has 0 spiro atoms. The molecule has 2 aromatic rings. The Balaban J connectivity index is 0.000000276. The maximum atomic E-state index is 13.0. The summed E-state index contributed by atoms with van der Waals surface area (Å²) in [5, 5.41) is 60.5. The fourth-order valence-electron chi connectivity index (χ4n) is 4.51. The molecule has 2 aliphatic rings. The highest BCUT2D eigenvalue weighted by atomic mass is 35.5. The first-order valence-electron chi connectivity index (χ1n) is 12.4. The van der Waals surface area contributed by atoms with Crippen molar-refractivity contribution in [3.05, 3.63) is 64.7 Å². The van der Waals surface area contributed by atoms with Crippen molar-refractivity contribution in [3.8, 4) is 0 Å². The van der Waals surface area contributed by atoms with E-state index in [0.29, 0.717) is 29.2 Å². The van der Waals surface area contributed by atoms with Crippen molar-refractivity contribution in [1.82, 2.24) is 5.32 Å². The summed E-state index contributed by atoms with van der Waals surface area (Å²) in [6.07, 6.45) is -4.78. The van der Waals surface area contributed by atoms with Gasteiger partial charge in [-0.1, -0.05) is 35.9 Å². The minimum Gasteiger partial charge on any atom is -0.480 e. The number of aliphatic carboxylic acids is 1. The number of carboxylic acid groups (broad SMARTS) is 1. The predicted octanol–water partition coefficient (Wildman–Crippen LogP) is 0.441. The number of hydrogen-bond acceptors (Lipinski definition) is 9. The molecule has 1 unspecified atom stereocenters. The highest BCUT2D eigenvalue weighted by molar-refractivity contribution is 6.31. The lowest BCUT2D eigenvalue weighted by Gasteiger charge is -2.28. The number of likely N-dealkylation sites (N-methyl/N-ethyl adjacent to an activating group) is 1. The second-order valence-electron chi connectivity index (χ2n) is 9.28. The molecule has 39 heavy (non-hydrogen) atoms. The van der Waals surface area contributed by atoms with Crippen LogP contribution in [0.4, 0.5) is 11.4 Å². The van der Waals surface area contributed by atoms with Crippen molar-refractivity contribution in [1.29, 1.82) is 0 Å². The van der Waals surface area contributed by atoms with Crippen molar-refractivity contribution in [2.45, 2.75) is 43.3 Å². The number of aliphatic hydroxyl groups is 5. The second-order valence-corrected chi connectivity index (χ2v) is 9.72. The topological polar surface area (TPSA) is 183 Å². The van der Waals surface area contributed by atoms with E-state index in [0.717, 1.165) is 16.8 Å². The van der Waals surface area contributed by atoms with Crippen LogP contribution in [0.2, 0.25) is 5.02 Å². The van der Waals surface area contributed by atoms with Crippen LogP contribution in [0.25, 0.3) is 5.57 Å². The average molecular weight is 564 g/mol. The summed E-state index contributed by atoms with van der Waals surface area (Å²) in [4.78, 5) is 26.3. The normalized spacial score (nSPS) is 21.7. The van der Waals surface area contributed by atoms with Crippen LogP contribution >= 0.6 is 11.6 Å². The van der Waals surface area contributed by atoms with E-state index in [4.69, 9.17) is 32.0 Å². The van der Waals surface area contributed by atoms with E-state index in [1.807, 2.05) is 36.4 Å². The Morgan fingerprint density at radius 3 is 2.36 bits per heavy atom. The number of halogens is 1. The molecule has 0 saturated carbocycles. The van der Waals surface area contributed by atoms with Crippen LogP contribution in [-0.2, 0) is 9.59 Å². The Bertz CT molecular complexity index is 1180. The SMILES string of the molecule is CNC[C@H](O)[C@@H](O)[C@H](O)[C@H](O)CO.O=C(O)C1C/C(=C2\CCN(c3ccccc3)C2=O)c2ccc(Cl)cc2N1. The summed E-state index contributed by atoms with van der Waals surface area (Å²) in [6.45, 7) is 0.0244. The molecule has 2 aromatic carbocycles. The van der Waals surface area contributed by atoms with Gasteiger partial charge >= 0.3 is 5.97 Å². The first kappa shape index (κ1) is 30.5. The van der Waals surface area contributed by atoms with Gasteiger partial charge in [0.1, 0.15) is 24.4 Å². The number of para-hydroxylation sites is 1. The third-order valence-corrected chi connectivity index (χ3v) is 6.84. The van der Waals surface area contributed by atoms with Gasteiger partial charge in [-0.05, 0) is 43.3 Å². The predicted molar refractivity (Wildman–Crippen MR) is 146 cm³/mol. The monoisotopic (exact) mass is 563 g/mol. The van der Waals surface area contributed by atoms with Gasteiger partial charge in [-0.3, -0.25) is 4.79 Å². The number of rotatable bonds is 8. The fourth-order valence-corrected chi connectivity index (χ4v) is 4.68. The highest BCUT2D eigenvalue weighted by Crippen LogP contribution is 2.40. The number of carbonyl (C=O) groups excluding carboxylic acids is 1. The smallest absolute Gasteiger partial charge is 0.326 e. The molecule has 0 radical (unpaired) electrons. The molecule has 212 valence electrons. The van der Waals surface area contributed by atoms with Crippen LogP contribution in [0.5, 0.6) is 0 Å². The lowest BCUT2D eigenvalue weighted by Crippen LogP contribution is -2.48. The highest BCUT2D eigenvalue weighted by Gasteiger charge is 2.35. The number of nitrogens with one attached hydrogen (secondary N) is 2. The van der Waals surface area contributed by atoms with Crippen LogP contribution < -0.4 is 15.5 Å². The van der Waals surface area contributed by atoms with E-state index in [2.05, 4.69) is 10.6 Å². The third kappa shape index (κ3) is 7.34. The van der Waals surface area contributed by atoms with Crippen LogP contribution in [0.3, 0.4) is 0 Å². The molecule has 5 atom stereocenters. The van der Waals surface area contributed by atoms with E-state index in [9.17, 15) is 19.8 Å². The number of anilines is 2. The largest absolute Gasteiger partial charge is 0.480 e. The molecule has 1 fully saturated rings. The van der Waals surface area contributed by atoms with Crippen LogP contribution in [-0.4, -0.2) is 99.7 Å². The molecule has 4 rings (SSSR count). The zero-order valence-corrected chi connectivity index (χ0v) is 22.1. The number of carbonyl (C=O) groups is 2. The molecule has 8 N–H and O–H groups in total. The molecule has 0 bridgehead atoms. The van der Waals surface area contributed by atoms with E-state index < -0.39 is 43.0 Å². The maximum absolute atomic E-state index is 13.0. The Labute approximate surface area is 231 Å². The Kier molecular flexibility index (Phi) is 10.8. The van der Waals surface area contributed by atoms with Crippen molar-refractivity contribution >= 4 is 40.4 Å².